The minimum absolute atomic E-state index is 0.109. The Labute approximate surface area is 120 Å². The molecule has 1 unspecified atom stereocenters. The van der Waals surface area contributed by atoms with Crippen LogP contribution in [0.15, 0.2) is 29.2 Å². The molecule has 2 N–H and O–H groups in total. The highest BCUT2D eigenvalue weighted by atomic mass is 32.2. The summed E-state index contributed by atoms with van der Waals surface area (Å²) < 4.78 is 29.6. The van der Waals surface area contributed by atoms with Gasteiger partial charge in [0, 0.05) is 12.1 Å². The number of rotatable bonds is 6. The van der Waals surface area contributed by atoms with E-state index in [4.69, 9.17) is 4.74 Å². The summed E-state index contributed by atoms with van der Waals surface area (Å²) in [5.41, 5.74) is -0.171. The fourth-order valence-corrected chi connectivity index (χ4v) is 3.25. The van der Waals surface area contributed by atoms with Crippen molar-refractivity contribution in [2.24, 2.45) is 0 Å². The maximum absolute atomic E-state index is 12.3. The molecule has 114 valence electrons. The van der Waals surface area contributed by atoms with Crippen molar-refractivity contribution in [1.29, 1.82) is 0 Å². The minimum Gasteiger partial charge on any atom is -0.495 e. The van der Waals surface area contributed by atoms with E-state index in [2.05, 4.69) is 5.32 Å². The van der Waals surface area contributed by atoms with Crippen LogP contribution in [0.2, 0.25) is 0 Å². The number of nitrogens with one attached hydrogen (secondary N) is 1. The lowest BCUT2D eigenvalue weighted by atomic mass is 10.1. The van der Waals surface area contributed by atoms with Gasteiger partial charge in [-0.3, -0.25) is 0 Å². The largest absolute Gasteiger partial charge is 0.495 e. The SMILES string of the molecule is COc1ccccc1S(=O)(=O)CC(O)CNC(C)(C)C. The highest BCUT2D eigenvalue weighted by Gasteiger charge is 2.24. The zero-order valence-electron chi connectivity index (χ0n) is 12.4. The molecular formula is C14H23NO4S. The van der Waals surface area contributed by atoms with Gasteiger partial charge in [-0.1, -0.05) is 12.1 Å². The van der Waals surface area contributed by atoms with Crippen molar-refractivity contribution < 1.29 is 18.3 Å². The molecule has 0 aromatic heterocycles. The van der Waals surface area contributed by atoms with Crippen LogP contribution in [0, 0.1) is 0 Å². The molecule has 0 aliphatic rings. The van der Waals surface area contributed by atoms with Crippen molar-refractivity contribution in [1.82, 2.24) is 5.32 Å². The number of ether oxygens (including phenoxy) is 1. The Morgan fingerprint density at radius 2 is 1.90 bits per heavy atom. The molecule has 0 spiro atoms. The highest BCUT2D eigenvalue weighted by Crippen LogP contribution is 2.24. The number of para-hydroxylation sites is 1. The molecule has 5 nitrogen and oxygen atoms in total. The summed E-state index contributed by atoms with van der Waals surface area (Å²) in [5, 5.41) is 13.0. The smallest absolute Gasteiger partial charge is 0.184 e. The third kappa shape index (κ3) is 5.11. The van der Waals surface area contributed by atoms with Gasteiger partial charge in [-0.2, -0.15) is 0 Å². The van der Waals surface area contributed by atoms with E-state index >= 15 is 0 Å². The van der Waals surface area contributed by atoms with Crippen molar-refractivity contribution in [3.05, 3.63) is 24.3 Å². The van der Waals surface area contributed by atoms with Crippen LogP contribution in [0.1, 0.15) is 20.8 Å². The minimum atomic E-state index is -3.58. The van der Waals surface area contributed by atoms with Gasteiger partial charge in [0.05, 0.1) is 19.0 Å². The van der Waals surface area contributed by atoms with Gasteiger partial charge in [0.1, 0.15) is 10.6 Å². The molecule has 1 aromatic carbocycles. The van der Waals surface area contributed by atoms with E-state index < -0.39 is 15.9 Å². The second-order valence-electron chi connectivity index (χ2n) is 5.72. The van der Waals surface area contributed by atoms with Crippen LogP contribution >= 0.6 is 0 Å². The van der Waals surface area contributed by atoms with Gasteiger partial charge in [0.15, 0.2) is 9.84 Å². The normalized spacial score (nSPS) is 14.1. The van der Waals surface area contributed by atoms with Gasteiger partial charge in [0.2, 0.25) is 0 Å². The van der Waals surface area contributed by atoms with Crippen molar-refractivity contribution in [3.8, 4) is 5.75 Å². The Morgan fingerprint density at radius 3 is 2.45 bits per heavy atom. The van der Waals surface area contributed by atoms with Crippen LogP contribution in [0.3, 0.4) is 0 Å². The average molecular weight is 301 g/mol. The maximum atomic E-state index is 12.3. The molecular weight excluding hydrogens is 278 g/mol. The van der Waals surface area contributed by atoms with Gasteiger partial charge in [0.25, 0.3) is 0 Å². The van der Waals surface area contributed by atoms with Gasteiger partial charge >= 0.3 is 0 Å². The first-order valence-electron chi connectivity index (χ1n) is 6.44. The lowest BCUT2D eigenvalue weighted by Crippen LogP contribution is -2.42. The molecule has 0 aliphatic carbocycles. The van der Waals surface area contributed by atoms with Gasteiger partial charge in [-0.15, -0.1) is 0 Å². The van der Waals surface area contributed by atoms with Crippen LogP contribution in [0.5, 0.6) is 5.75 Å². The summed E-state index contributed by atoms with van der Waals surface area (Å²) in [5.74, 6) is -0.0420. The number of hydrogen-bond donors (Lipinski definition) is 2. The first-order chi connectivity index (χ1) is 9.15. The quantitative estimate of drug-likeness (QED) is 0.826. The van der Waals surface area contributed by atoms with Crippen molar-refractivity contribution in [2.75, 3.05) is 19.4 Å². The van der Waals surface area contributed by atoms with E-state index in [1.165, 1.54) is 13.2 Å². The molecule has 0 radical (unpaired) electrons. The van der Waals surface area contributed by atoms with E-state index in [9.17, 15) is 13.5 Å². The molecule has 0 fully saturated rings. The average Bonchev–Trinajstić information content (AvgIpc) is 2.35. The van der Waals surface area contributed by atoms with E-state index in [1.54, 1.807) is 18.2 Å². The summed E-state index contributed by atoms with van der Waals surface area (Å²) >= 11 is 0. The van der Waals surface area contributed by atoms with Crippen molar-refractivity contribution in [2.45, 2.75) is 37.3 Å². The predicted molar refractivity (Wildman–Crippen MR) is 78.8 cm³/mol. The van der Waals surface area contributed by atoms with Gasteiger partial charge in [-0.05, 0) is 32.9 Å². The molecule has 0 amide bonds. The van der Waals surface area contributed by atoms with Crippen LogP contribution in [0.25, 0.3) is 0 Å². The first-order valence-corrected chi connectivity index (χ1v) is 8.10. The number of methoxy groups -OCH3 is 1. The van der Waals surface area contributed by atoms with Gasteiger partial charge in [-0.25, -0.2) is 8.42 Å². The Morgan fingerprint density at radius 1 is 1.30 bits per heavy atom. The van der Waals surface area contributed by atoms with Crippen LogP contribution in [-0.2, 0) is 9.84 Å². The second-order valence-corrected chi connectivity index (χ2v) is 7.72. The lowest BCUT2D eigenvalue weighted by molar-refractivity contribution is 0.181. The monoisotopic (exact) mass is 301 g/mol. The number of hydrogen-bond acceptors (Lipinski definition) is 5. The predicted octanol–water partition coefficient (Wildman–Crippen LogP) is 1.22. The molecule has 0 heterocycles. The fourth-order valence-electron chi connectivity index (χ4n) is 1.70. The van der Waals surface area contributed by atoms with E-state index in [-0.39, 0.29) is 22.7 Å². The molecule has 0 saturated carbocycles. The fraction of sp³-hybridized carbons (Fsp3) is 0.571. The Bertz CT molecular complexity index is 534. The van der Waals surface area contributed by atoms with Crippen LogP contribution in [-0.4, -0.2) is 44.6 Å². The Hall–Kier alpha value is -1.11. The molecule has 1 rings (SSSR count). The molecule has 6 heteroatoms. The number of aliphatic hydroxyl groups is 1. The van der Waals surface area contributed by atoms with Crippen LogP contribution in [0.4, 0.5) is 0 Å². The lowest BCUT2D eigenvalue weighted by Gasteiger charge is -2.23. The molecule has 0 aliphatic heterocycles. The van der Waals surface area contributed by atoms with E-state index in [0.717, 1.165) is 0 Å². The third-order valence-corrected chi connectivity index (χ3v) is 4.51. The van der Waals surface area contributed by atoms with E-state index in [0.29, 0.717) is 5.75 Å². The first kappa shape index (κ1) is 16.9. The highest BCUT2D eigenvalue weighted by molar-refractivity contribution is 7.91. The summed E-state index contributed by atoms with van der Waals surface area (Å²) in [7, 11) is -2.16. The molecule has 1 aromatic rings. The Balaban J connectivity index is 2.79. The number of sulfone groups is 1. The van der Waals surface area contributed by atoms with Crippen molar-refractivity contribution >= 4 is 9.84 Å². The third-order valence-electron chi connectivity index (χ3n) is 2.68. The second kappa shape index (κ2) is 6.56. The summed E-state index contributed by atoms with van der Waals surface area (Å²) in [6.07, 6.45) is -0.968. The van der Waals surface area contributed by atoms with Crippen molar-refractivity contribution in [3.63, 3.8) is 0 Å². The molecule has 0 bridgehead atoms. The molecule has 1 atom stereocenters. The number of benzene rings is 1. The number of β-amino-alcohol motifs (C(OH)–C–C–N with tert-alkyl or cyclic N) is 1. The topological polar surface area (TPSA) is 75.6 Å². The summed E-state index contributed by atoms with van der Waals surface area (Å²) in [4.78, 5) is 0.109. The number of aliphatic hydroxyl groups excluding tert-OH is 1. The molecule has 20 heavy (non-hydrogen) atoms. The summed E-state index contributed by atoms with van der Waals surface area (Å²) in [6.45, 7) is 6.08. The molecule has 0 saturated heterocycles. The Kier molecular flexibility index (Phi) is 5.56. The zero-order chi connectivity index (χ0) is 15.4. The van der Waals surface area contributed by atoms with Gasteiger partial charge < -0.3 is 15.2 Å². The standard InChI is InChI=1S/C14H23NO4S/c1-14(2,3)15-9-11(16)10-20(17,18)13-8-6-5-7-12(13)19-4/h5-8,11,15-16H,9-10H2,1-4H3. The zero-order valence-corrected chi connectivity index (χ0v) is 13.2. The summed E-state index contributed by atoms with van der Waals surface area (Å²) in [6, 6.07) is 6.41. The van der Waals surface area contributed by atoms with E-state index in [1.807, 2.05) is 20.8 Å². The maximum Gasteiger partial charge on any atom is 0.184 e. The van der Waals surface area contributed by atoms with Crippen LogP contribution < -0.4 is 10.1 Å².